The predicted octanol–water partition coefficient (Wildman–Crippen LogP) is -4.75. The second-order valence-corrected chi connectivity index (χ2v) is 25.9. The van der Waals surface area contributed by atoms with E-state index in [2.05, 4.69) is 53.0 Å². The van der Waals surface area contributed by atoms with Gasteiger partial charge in [0.2, 0.25) is 11.9 Å². The number of rotatable bonds is 20. The van der Waals surface area contributed by atoms with E-state index in [4.69, 9.17) is 61.5 Å². The van der Waals surface area contributed by atoms with Crippen LogP contribution in [0.3, 0.4) is 0 Å². The summed E-state index contributed by atoms with van der Waals surface area (Å²) in [4.78, 5) is 108. The number of hydrogen-bond donors (Lipinski definition) is 8. The standard InChI is InChI=1S/C33H46IN15O22P4S/c1-3-49-19-27(43-33(37)45-29(19)54)46(8-34-49)30-21(52)20(51)14(67-30)6-63-72(55,56)70-74(59,60)71-73(57,58)64-7-15-22(62-2)23(31(68-15)48-11-40-17-24(35)38-9-39-25(17)48)69-75(61,76)65-5-13-12(50)4-16(66-13)47-10-41-18-26(47)42-32(36)44-28(18)53/h8-16,20-23,30-31,50-52H,3-7H2,1-2H3,(H,55,56)(H,57,58)(H,59,60)(H,61,76)(H2,35,38,39)(H3,36,42,44,53)(H3,37,43,45,54)/p-4/t12-,13+,14+,15+,16+,20+,21+,22+,23+,30+,31+,75?/m0/s1. The number of aliphatic hydroxyl groups excluding tert-OH is 3. The van der Waals surface area contributed by atoms with Crippen molar-refractivity contribution in [3.8, 4) is 0 Å². The molecular weight excluding hydrogens is 1240 g/mol. The molecule has 0 aliphatic carbocycles. The van der Waals surface area contributed by atoms with Crippen molar-refractivity contribution in [1.29, 1.82) is 0 Å². The summed E-state index contributed by atoms with van der Waals surface area (Å²) >= 11 is 4.15. The summed E-state index contributed by atoms with van der Waals surface area (Å²) in [5.74, 6) is -0.647. The van der Waals surface area contributed by atoms with Crippen molar-refractivity contribution in [3.05, 3.63) is 39.7 Å². The Bertz CT molecular complexity index is 3360. The first-order valence-electron chi connectivity index (χ1n) is 21.7. The zero-order valence-corrected chi connectivity index (χ0v) is 45.1. The molecule has 15 atom stereocenters. The number of phosphoric acid groups is 3. The zero-order valence-electron chi connectivity index (χ0n) is 38.6. The average molecular weight is 1280 g/mol. The van der Waals surface area contributed by atoms with Crippen LogP contribution in [0.1, 0.15) is 25.8 Å². The van der Waals surface area contributed by atoms with Crippen LogP contribution in [0.4, 0.5) is 29.2 Å². The normalized spacial score (nSPS) is 30.0. The molecule has 37 nitrogen and oxygen atoms in total. The maximum atomic E-state index is 13.9. The summed E-state index contributed by atoms with van der Waals surface area (Å²) in [6, 6.07) is 0. The minimum atomic E-state index is -6.50. The summed E-state index contributed by atoms with van der Waals surface area (Å²) in [7, 11) is -17.7. The van der Waals surface area contributed by atoms with Crippen LogP contribution in [0.25, 0.3) is 22.3 Å². The number of nitrogen functional groups attached to an aromatic ring is 3. The number of H-pyrrole nitrogens is 2. The summed E-state index contributed by atoms with van der Waals surface area (Å²) in [5.41, 5.74) is 16.3. The molecule has 76 heavy (non-hydrogen) atoms. The molecule has 0 radical (unpaired) electrons. The number of halogens is 1. The summed E-state index contributed by atoms with van der Waals surface area (Å²) in [6.07, 6.45) is -13.4. The molecule has 0 saturated carbocycles. The predicted molar refractivity (Wildman–Crippen MR) is 259 cm³/mol. The van der Waals surface area contributed by atoms with Crippen molar-refractivity contribution in [3.63, 3.8) is 0 Å². The lowest BCUT2D eigenvalue weighted by Crippen LogP contribution is -2.46. The minimum Gasteiger partial charge on any atom is -0.780 e. The molecule has 11 N–H and O–H groups in total. The maximum absolute atomic E-state index is 13.9. The highest BCUT2D eigenvalue weighted by Crippen LogP contribution is 2.63. The van der Waals surface area contributed by atoms with Crippen LogP contribution in [0.2, 0.25) is 0 Å². The second-order valence-electron chi connectivity index (χ2n) is 16.4. The molecule has 0 amide bonds. The van der Waals surface area contributed by atoms with Gasteiger partial charge >= 0.3 is 0 Å². The lowest BCUT2D eigenvalue weighted by Gasteiger charge is -2.35. The van der Waals surface area contributed by atoms with E-state index in [1.54, 1.807) is 14.2 Å². The molecule has 4 aliphatic heterocycles. The van der Waals surface area contributed by atoms with Crippen molar-refractivity contribution >= 4 is 119 Å². The monoisotopic (exact) mass is 1280 g/mol. The number of methoxy groups -OCH3 is 1. The summed E-state index contributed by atoms with van der Waals surface area (Å²) < 4.78 is 96.1. The van der Waals surface area contributed by atoms with Crippen molar-refractivity contribution in [2.45, 2.75) is 80.9 Å². The first-order valence-corrected chi connectivity index (χ1v) is 30.8. The van der Waals surface area contributed by atoms with Crippen LogP contribution in [0, 0.1) is 0 Å². The average Bonchev–Trinajstić information content (AvgIpc) is 4.17. The topological polar surface area (TPSA) is 534 Å². The molecule has 4 unspecified atom stereocenters. The van der Waals surface area contributed by atoms with Gasteiger partial charge in [0, 0.05) is 41.1 Å². The summed E-state index contributed by atoms with van der Waals surface area (Å²) in [6.45, 7) is -5.63. The lowest BCUT2D eigenvalue weighted by molar-refractivity contribution is -0.252. The van der Waals surface area contributed by atoms with Gasteiger partial charge in [0.15, 0.2) is 46.6 Å². The highest BCUT2D eigenvalue weighted by molar-refractivity contribution is 14.2. The first-order chi connectivity index (χ1) is 35.8. The molecule has 3 fully saturated rings. The number of aromatic amines is 2. The van der Waals surface area contributed by atoms with Gasteiger partial charge in [0.05, 0.1) is 42.7 Å². The van der Waals surface area contributed by atoms with Gasteiger partial charge in [-0.1, -0.05) is 11.8 Å². The molecule has 9 rings (SSSR count). The smallest absolute Gasteiger partial charge is 0.280 e. The number of imidazole rings is 2. The van der Waals surface area contributed by atoms with Crippen molar-refractivity contribution in [2.75, 3.05) is 58.7 Å². The molecule has 418 valence electrons. The number of nitrogens with one attached hydrogen (secondary N) is 2. The number of fused-ring (bicyclic) bond motifs is 3. The number of hydrogen-bond acceptors (Lipinski definition) is 34. The van der Waals surface area contributed by atoms with E-state index in [1.165, 1.54) is 20.4 Å². The van der Waals surface area contributed by atoms with Crippen LogP contribution in [0.15, 0.2) is 28.6 Å². The molecule has 0 aromatic carbocycles. The molecule has 43 heteroatoms. The quantitative estimate of drug-likeness (QED) is 0.0206. The molecule has 4 aliphatic rings. The van der Waals surface area contributed by atoms with E-state index in [9.17, 15) is 58.2 Å². The fourth-order valence-electron chi connectivity index (χ4n) is 8.26. The number of aromatic nitrogens is 10. The SMILES string of the molecule is CCN1I=CN([C@@H]2O[C@H](COP(=O)([O-])OP(=O)([O-])OP(=O)([O-])OC[C@H]3O[C@@H](n4cnc5c(N)ncnc54)[C@H](OP([O-])(=S)OC[C@H]4O[C@@H](n5cnc6c(=O)[nH]c(N)nc65)C[C@@H]4O)[C@@H]3OC)[C@@H](O)[C@H]2O)c2nc(N)[nH]c(=O)c21. The van der Waals surface area contributed by atoms with Crippen LogP contribution >= 0.6 is 51.2 Å². The maximum Gasteiger partial charge on any atom is 0.280 e. The number of ether oxygens (including phenoxy) is 4. The van der Waals surface area contributed by atoms with E-state index in [0.29, 0.717) is 6.54 Å². The van der Waals surface area contributed by atoms with Gasteiger partial charge in [0.1, 0.15) is 67.5 Å². The van der Waals surface area contributed by atoms with Crippen LogP contribution in [-0.4, -0.2) is 157 Å². The van der Waals surface area contributed by atoms with E-state index >= 15 is 0 Å². The highest BCUT2D eigenvalue weighted by Gasteiger charge is 2.50. The van der Waals surface area contributed by atoms with Gasteiger partial charge in [-0.15, -0.1) is 0 Å². The Kier molecular flexibility index (Phi) is 16.4. The fourth-order valence-corrected chi connectivity index (χ4v) is 15.3. The van der Waals surface area contributed by atoms with Crippen molar-refractivity contribution < 1.29 is 94.3 Å². The van der Waals surface area contributed by atoms with Gasteiger partial charge in [-0.3, -0.25) is 47.3 Å². The van der Waals surface area contributed by atoms with Crippen molar-refractivity contribution in [1.82, 2.24) is 49.0 Å². The van der Waals surface area contributed by atoms with Gasteiger partial charge in [-0.25, -0.2) is 28.6 Å². The van der Waals surface area contributed by atoms with E-state index < -0.39 is 150 Å². The number of nitrogens with two attached hydrogens (primary N) is 3. The van der Waals surface area contributed by atoms with Crippen molar-refractivity contribution in [2.24, 2.45) is 0 Å². The summed E-state index contributed by atoms with van der Waals surface area (Å²) in [5, 5.41) is 32.5. The molecule has 3 saturated heterocycles. The third-order valence-corrected chi connectivity index (χ3v) is 19.9. The van der Waals surface area contributed by atoms with Crippen LogP contribution in [0.5, 0.6) is 0 Å². The third kappa shape index (κ3) is 11.8. The second kappa shape index (κ2) is 21.9. The molecule has 5 aromatic heterocycles. The molecular formula is C33H42IN15O22P4S-4. The molecule has 9 heterocycles. The lowest BCUT2D eigenvalue weighted by atomic mass is 10.1. The molecule has 5 aromatic rings. The minimum absolute atomic E-state index is 0.00500. The fraction of sp³-hybridized carbons (Fsp3) is 0.545. The molecule has 0 spiro atoms. The van der Waals surface area contributed by atoms with Gasteiger partial charge in [0.25, 0.3) is 34.6 Å². The Morgan fingerprint density at radius 1 is 0.776 bits per heavy atom. The number of aliphatic hydroxyl groups is 3. The number of phosphoric ester groups is 2. The Hall–Kier alpha value is -3.96. The van der Waals surface area contributed by atoms with E-state index in [-0.39, 0.29) is 58.0 Å². The Balaban J connectivity index is 0.836. The first kappa shape index (κ1) is 56.7. The molecule has 0 bridgehead atoms. The zero-order chi connectivity index (χ0) is 54.8. The largest absolute Gasteiger partial charge is 0.780 e. The Morgan fingerprint density at radius 2 is 1.41 bits per heavy atom. The number of anilines is 5. The van der Waals surface area contributed by atoms with E-state index in [1.807, 2.05) is 0 Å². The number of nitrogens with zero attached hydrogens (tertiary/aromatic N) is 10. The Morgan fingerprint density at radius 3 is 2.11 bits per heavy atom. The van der Waals surface area contributed by atoms with Gasteiger partial charge in [-0.05, 0) is 6.92 Å². The van der Waals surface area contributed by atoms with Gasteiger partial charge < -0.3 is 92.2 Å². The highest BCUT2D eigenvalue weighted by atomic mass is 127. The van der Waals surface area contributed by atoms with Crippen LogP contribution < -0.4 is 55.9 Å². The van der Waals surface area contributed by atoms with Crippen LogP contribution in [-0.2, 0) is 71.2 Å². The van der Waals surface area contributed by atoms with Gasteiger partial charge in [-0.2, -0.15) is 9.97 Å². The Labute approximate surface area is 439 Å². The van der Waals surface area contributed by atoms with E-state index in [0.717, 1.165) is 19.8 Å². The third-order valence-electron chi connectivity index (χ3n) is 11.6.